The van der Waals surface area contributed by atoms with Crippen molar-refractivity contribution in [1.82, 2.24) is 0 Å². The minimum absolute atomic E-state index is 0.0855. The summed E-state index contributed by atoms with van der Waals surface area (Å²) < 4.78 is 0. The summed E-state index contributed by atoms with van der Waals surface area (Å²) in [5.41, 5.74) is -2.44. The van der Waals surface area contributed by atoms with Gasteiger partial charge in [0.2, 0.25) is 0 Å². The van der Waals surface area contributed by atoms with Gasteiger partial charge in [0.15, 0.2) is 11.6 Å². The van der Waals surface area contributed by atoms with E-state index >= 15 is 0 Å². The van der Waals surface area contributed by atoms with Crippen LogP contribution in [0.2, 0.25) is 0 Å². The molecule has 38 heavy (non-hydrogen) atoms. The van der Waals surface area contributed by atoms with Crippen LogP contribution in [0, 0.1) is 39.4 Å². The molecule has 2 fully saturated rings. The van der Waals surface area contributed by atoms with Crippen LogP contribution in [0.5, 0.6) is 0 Å². The van der Waals surface area contributed by atoms with Crippen LogP contribution in [-0.4, -0.2) is 62.1 Å². The number of hydrogen-bond acceptors (Lipinski definition) is 7. The number of aliphatic hydroxyl groups excluding tert-OH is 3. The molecule has 9 atom stereocenters. The molecule has 0 aromatic heterocycles. The van der Waals surface area contributed by atoms with Crippen molar-refractivity contribution in [3.05, 3.63) is 22.8 Å². The second-order valence-electron chi connectivity index (χ2n) is 13.5. The number of fused-ring (bicyclic) bond motifs is 4. The molecule has 0 heterocycles. The van der Waals surface area contributed by atoms with Crippen LogP contribution in [0.25, 0.3) is 0 Å². The SMILES string of the molecule is CC(=CC(=O)CC(C)C(=O)O)C1CC(O)C2(C)C3=C(C(O)C(O)C12C)C1(C)CCC(=O)C(C)(C)C1CC3=O. The number of aliphatic hydroxyl groups is 3. The number of aliphatic carboxylic acids is 1. The first-order chi connectivity index (χ1) is 17.4. The summed E-state index contributed by atoms with van der Waals surface area (Å²) in [4.78, 5) is 50.7. The third kappa shape index (κ3) is 3.59. The molecule has 9 unspecified atom stereocenters. The Labute approximate surface area is 224 Å². The quantitative estimate of drug-likeness (QED) is 0.396. The summed E-state index contributed by atoms with van der Waals surface area (Å²) in [6.45, 7) is 12.4. The number of carboxylic acids is 1. The summed E-state index contributed by atoms with van der Waals surface area (Å²) >= 11 is 0. The summed E-state index contributed by atoms with van der Waals surface area (Å²) in [6, 6.07) is 0. The minimum atomic E-state index is -1.37. The van der Waals surface area contributed by atoms with Crippen molar-refractivity contribution in [2.75, 3.05) is 0 Å². The molecule has 0 spiro atoms. The van der Waals surface area contributed by atoms with Gasteiger partial charge < -0.3 is 20.4 Å². The van der Waals surface area contributed by atoms with Crippen LogP contribution < -0.4 is 0 Å². The number of carboxylic acid groups (broad SMARTS) is 1. The molecule has 8 heteroatoms. The lowest BCUT2D eigenvalue weighted by molar-refractivity contribution is -0.158. The Bertz CT molecular complexity index is 1160. The molecule has 0 bridgehead atoms. The van der Waals surface area contributed by atoms with E-state index in [9.17, 15) is 34.5 Å². The highest BCUT2D eigenvalue weighted by Gasteiger charge is 2.72. The van der Waals surface area contributed by atoms with Gasteiger partial charge >= 0.3 is 5.97 Å². The maximum Gasteiger partial charge on any atom is 0.306 e. The number of rotatable bonds is 5. The van der Waals surface area contributed by atoms with Gasteiger partial charge in [-0.05, 0) is 48.7 Å². The van der Waals surface area contributed by atoms with E-state index in [1.54, 1.807) is 20.8 Å². The number of ketones is 3. The first kappa shape index (κ1) is 28.8. The van der Waals surface area contributed by atoms with Gasteiger partial charge in [0.25, 0.3) is 0 Å². The Hall–Kier alpha value is -2.16. The van der Waals surface area contributed by atoms with Crippen LogP contribution in [0.1, 0.15) is 80.6 Å². The lowest BCUT2D eigenvalue weighted by atomic mass is 9.42. The smallest absolute Gasteiger partial charge is 0.306 e. The Morgan fingerprint density at radius 2 is 1.68 bits per heavy atom. The van der Waals surface area contributed by atoms with Gasteiger partial charge in [-0.1, -0.05) is 47.1 Å². The second kappa shape index (κ2) is 8.93. The molecular formula is C30H42O8. The summed E-state index contributed by atoms with van der Waals surface area (Å²) in [5, 5.41) is 44.3. The molecule has 0 aromatic carbocycles. The zero-order valence-electron chi connectivity index (χ0n) is 23.5. The third-order valence-corrected chi connectivity index (χ3v) is 11.3. The summed E-state index contributed by atoms with van der Waals surface area (Å²) in [7, 11) is 0. The molecule has 0 radical (unpaired) electrons. The molecule has 4 aliphatic rings. The van der Waals surface area contributed by atoms with E-state index in [1.165, 1.54) is 13.0 Å². The maximum absolute atomic E-state index is 13.9. The van der Waals surface area contributed by atoms with Crippen LogP contribution in [0.4, 0.5) is 0 Å². The third-order valence-electron chi connectivity index (χ3n) is 11.3. The number of carbonyl (C=O) groups excluding carboxylic acids is 3. The molecular weight excluding hydrogens is 488 g/mol. The van der Waals surface area contributed by atoms with E-state index in [0.29, 0.717) is 29.6 Å². The Kier molecular flexibility index (Phi) is 6.78. The molecule has 8 nitrogen and oxygen atoms in total. The molecule has 4 aliphatic carbocycles. The van der Waals surface area contributed by atoms with E-state index < -0.39 is 57.8 Å². The normalized spacial score (nSPS) is 43.3. The van der Waals surface area contributed by atoms with Crippen molar-refractivity contribution in [2.45, 2.75) is 98.9 Å². The standard InChI is InChI=1S/C30H42O8/c1-14(10-16(31)11-15(2)26(37)38)17-12-21(34)30(7)22-18(32)13-19-27(3,4)20(33)8-9-28(19,5)23(22)24(35)25(36)29(17,30)6/h10,15,17,19,21,24-25,34-36H,8-9,11-13H2,1-7H3,(H,37,38). The summed E-state index contributed by atoms with van der Waals surface area (Å²) in [6.07, 6.45) is -1.46. The zero-order chi connectivity index (χ0) is 28.7. The number of allylic oxidation sites excluding steroid dienone is 2. The molecule has 4 N–H and O–H groups in total. The lowest BCUT2D eigenvalue weighted by Crippen LogP contribution is -2.65. The van der Waals surface area contributed by atoms with Crippen molar-refractivity contribution in [1.29, 1.82) is 0 Å². The molecule has 210 valence electrons. The van der Waals surface area contributed by atoms with Crippen LogP contribution in [0.15, 0.2) is 22.8 Å². The van der Waals surface area contributed by atoms with Gasteiger partial charge in [-0.15, -0.1) is 0 Å². The average Bonchev–Trinajstić information content (AvgIpc) is 3.03. The van der Waals surface area contributed by atoms with Gasteiger partial charge in [-0.3, -0.25) is 19.2 Å². The number of Topliss-reactive ketones (excluding diaryl/α,β-unsaturated/α-hetero) is 2. The highest BCUT2D eigenvalue weighted by atomic mass is 16.4. The van der Waals surface area contributed by atoms with E-state index in [1.807, 2.05) is 20.8 Å². The molecule has 4 rings (SSSR count). The summed E-state index contributed by atoms with van der Waals surface area (Å²) in [5.74, 6) is -3.28. The van der Waals surface area contributed by atoms with Gasteiger partial charge in [-0.25, -0.2) is 0 Å². The minimum Gasteiger partial charge on any atom is -0.481 e. The van der Waals surface area contributed by atoms with E-state index in [2.05, 4.69) is 0 Å². The van der Waals surface area contributed by atoms with Crippen molar-refractivity contribution in [3.63, 3.8) is 0 Å². The van der Waals surface area contributed by atoms with Crippen molar-refractivity contribution < 1.29 is 39.6 Å². The fourth-order valence-electron chi connectivity index (χ4n) is 8.76. The Morgan fingerprint density at radius 3 is 2.26 bits per heavy atom. The van der Waals surface area contributed by atoms with Gasteiger partial charge in [0.05, 0.1) is 18.1 Å². The molecule has 2 saturated carbocycles. The maximum atomic E-state index is 13.9. The van der Waals surface area contributed by atoms with Crippen molar-refractivity contribution >= 4 is 23.3 Å². The van der Waals surface area contributed by atoms with E-state index in [4.69, 9.17) is 5.11 Å². The monoisotopic (exact) mass is 530 g/mol. The van der Waals surface area contributed by atoms with Crippen molar-refractivity contribution in [3.8, 4) is 0 Å². The average molecular weight is 531 g/mol. The lowest BCUT2D eigenvalue weighted by Gasteiger charge is -2.62. The largest absolute Gasteiger partial charge is 0.481 e. The van der Waals surface area contributed by atoms with E-state index in [-0.39, 0.29) is 42.5 Å². The predicted molar refractivity (Wildman–Crippen MR) is 139 cm³/mol. The topological polar surface area (TPSA) is 149 Å². The number of carbonyl (C=O) groups is 4. The Morgan fingerprint density at radius 1 is 1.08 bits per heavy atom. The zero-order valence-corrected chi connectivity index (χ0v) is 23.5. The molecule has 0 aromatic rings. The highest BCUT2D eigenvalue weighted by Crippen LogP contribution is 2.71. The van der Waals surface area contributed by atoms with Crippen LogP contribution in [0.3, 0.4) is 0 Å². The van der Waals surface area contributed by atoms with Crippen molar-refractivity contribution in [2.24, 2.45) is 39.4 Å². The molecule has 0 aliphatic heterocycles. The fourth-order valence-corrected chi connectivity index (χ4v) is 8.76. The predicted octanol–water partition coefficient (Wildman–Crippen LogP) is 3.02. The first-order valence-electron chi connectivity index (χ1n) is 13.7. The van der Waals surface area contributed by atoms with Gasteiger partial charge in [0.1, 0.15) is 11.9 Å². The van der Waals surface area contributed by atoms with Gasteiger partial charge in [0, 0.05) is 41.1 Å². The second-order valence-corrected chi connectivity index (χ2v) is 13.5. The van der Waals surface area contributed by atoms with Crippen LogP contribution in [-0.2, 0) is 19.2 Å². The van der Waals surface area contributed by atoms with Crippen LogP contribution >= 0.6 is 0 Å². The fraction of sp³-hybridized carbons (Fsp3) is 0.733. The van der Waals surface area contributed by atoms with Gasteiger partial charge in [-0.2, -0.15) is 0 Å². The Balaban J connectivity index is 1.85. The first-order valence-corrected chi connectivity index (χ1v) is 13.7. The number of hydrogen-bond donors (Lipinski definition) is 4. The van der Waals surface area contributed by atoms with E-state index in [0.717, 1.165) is 0 Å². The highest BCUT2D eigenvalue weighted by molar-refractivity contribution is 6.01. The molecule has 0 amide bonds. The molecule has 0 saturated heterocycles.